The number of hydrogen-bond acceptors (Lipinski definition) is 7. The smallest absolute Gasteiger partial charge is 0.264 e. The average Bonchev–Trinajstić information content (AvgIpc) is 2.75. The van der Waals surface area contributed by atoms with Gasteiger partial charge in [-0.1, -0.05) is 11.6 Å². The highest BCUT2D eigenvalue weighted by atomic mass is 35.5. The van der Waals surface area contributed by atoms with Gasteiger partial charge in [-0.15, -0.1) is 0 Å². The molecule has 33 heavy (non-hydrogen) atoms. The number of aromatic nitrogens is 2. The van der Waals surface area contributed by atoms with Crippen molar-refractivity contribution in [2.24, 2.45) is 0 Å². The molecule has 1 atom stereocenters. The van der Waals surface area contributed by atoms with Gasteiger partial charge in [0, 0.05) is 23.1 Å². The molecular formula is C20H20ClN5O5S2. The number of anilines is 3. The lowest BCUT2D eigenvalue weighted by molar-refractivity contribution is -0.116. The predicted octanol–water partition coefficient (Wildman–Crippen LogP) is 2.72. The number of carbonyl (C=O) groups is 1. The van der Waals surface area contributed by atoms with E-state index >= 15 is 0 Å². The lowest BCUT2D eigenvalue weighted by Crippen LogP contribution is -2.45. The molecule has 3 aromatic rings. The Morgan fingerprint density at radius 3 is 2.09 bits per heavy atom. The molecule has 2 aromatic carbocycles. The lowest BCUT2D eigenvalue weighted by atomic mass is 10.2. The Labute approximate surface area is 196 Å². The second-order valence-corrected chi connectivity index (χ2v) is 10.9. The fraction of sp³-hybridized carbons (Fsp3) is 0.150. The van der Waals surface area contributed by atoms with Crippen LogP contribution in [0.1, 0.15) is 6.92 Å². The van der Waals surface area contributed by atoms with Crippen LogP contribution in [-0.2, 0) is 24.8 Å². The van der Waals surface area contributed by atoms with Crippen LogP contribution >= 0.6 is 11.6 Å². The molecule has 1 amide bonds. The molecule has 1 heterocycles. The maximum absolute atomic E-state index is 12.8. The third kappa shape index (κ3) is 6.18. The first-order chi connectivity index (χ1) is 15.5. The van der Waals surface area contributed by atoms with Gasteiger partial charge in [0.05, 0.1) is 16.8 Å². The Morgan fingerprint density at radius 2 is 1.55 bits per heavy atom. The van der Waals surface area contributed by atoms with Crippen molar-refractivity contribution in [3.05, 3.63) is 72.0 Å². The number of nitrogens with zero attached hydrogens (tertiary/aromatic N) is 3. The number of rotatable bonds is 8. The minimum atomic E-state index is -3.93. The number of hydrogen-bond donors (Lipinski definition) is 2. The molecule has 1 aromatic heterocycles. The summed E-state index contributed by atoms with van der Waals surface area (Å²) >= 11 is 5.87. The molecule has 10 nitrogen and oxygen atoms in total. The molecule has 0 fully saturated rings. The van der Waals surface area contributed by atoms with E-state index in [2.05, 4.69) is 20.0 Å². The predicted molar refractivity (Wildman–Crippen MR) is 126 cm³/mol. The maximum Gasteiger partial charge on any atom is 0.264 e. The van der Waals surface area contributed by atoms with Gasteiger partial charge in [0.2, 0.25) is 21.9 Å². The van der Waals surface area contributed by atoms with Crippen LogP contribution in [0, 0.1) is 0 Å². The van der Waals surface area contributed by atoms with Crippen LogP contribution in [0.3, 0.4) is 0 Å². The fourth-order valence-corrected chi connectivity index (χ4v) is 5.15. The molecule has 0 aliphatic heterocycles. The second kappa shape index (κ2) is 9.73. The zero-order valence-corrected chi connectivity index (χ0v) is 19.9. The van der Waals surface area contributed by atoms with Gasteiger partial charge in [-0.2, -0.15) is 0 Å². The number of carbonyl (C=O) groups excluding carboxylic acids is 1. The van der Waals surface area contributed by atoms with Gasteiger partial charge in [-0.3, -0.25) is 9.10 Å². The number of nitrogens with one attached hydrogen (secondary N) is 2. The zero-order chi connectivity index (χ0) is 24.2. The summed E-state index contributed by atoms with van der Waals surface area (Å²) in [6.45, 7) is 1.44. The van der Waals surface area contributed by atoms with Crippen molar-refractivity contribution in [1.82, 2.24) is 9.97 Å². The summed E-state index contributed by atoms with van der Waals surface area (Å²) in [5.41, 5.74) is 0.562. The summed E-state index contributed by atoms with van der Waals surface area (Å²) in [4.78, 5) is 20.3. The van der Waals surface area contributed by atoms with E-state index in [4.69, 9.17) is 11.6 Å². The Balaban J connectivity index is 1.76. The molecule has 13 heteroatoms. The quantitative estimate of drug-likeness (QED) is 0.476. The second-order valence-electron chi connectivity index (χ2n) is 6.90. The highest BCUT2D eigenvalue weighted by Gasteiger charge is 2.29. The highest BCUT2D eigenvalue weighted by molar-refractivity contribution is 7.92. The van der Waals surface area contributed by atoms with Crippen molar-refractivity contribution >= 4 is 54.9 Å². The van der Waals surface area contributed by atoms with Gasteiger partial charge in [0.15, 0.2) is 0 Å². The molecule has 0 spiro atoms. The van der Waals surface area contributed by atoms with Crippen LogP contribution in [0.4, 0.5) is 17.3 Å². The van der Waals surface area contributed by atoms with Crippen LogP contribution in [0.15, 0.2) is 71.9 Å². The number of benzene rings is 2. The first kappa shape index (κ1) is 24.4. The normalized spacial score (nSPS) is 12.6. The van der Waals surface area contributed by atoms with E-state index in [1.807, 2.05) is 0 Å². The summed E-state index contributed by atoms with van der Waals surface area (Å²) < 4.78 is 52.8. The molecule has 2 N–H and O–H groups in total. The molecule has 0 saturated heterocycles. The molecule has 0 saturated carbocycles. The Kier molecular flexibility index (Phi) is 7.20. The average molecular weight is 510 g/mol. The van der Waals surface area contributed by atoms with Crippen LogP contribution in [0.25, 0.3) is 0 Å². The van der Waals surface area contributed by atoms with Crippen molar-refractivity contribution < 1.29 is 21.6 Å². The molecule has 0 bridgehead atoms. The molecule has 0 aliphatic carbocycles. The number of amides is 1. The van der Waals surface area contributed by atoms with Crippen molar-refractivity contribution in [3.8, 4) is 0 Å². The minimum Gasteiger partial charge on any atom is -0.324 e. The summed E-state index contributed by atoms with van der Waals surface area (Å²) in [7, 11) is -7.73. The van der Waals surface area contributed by atoms with Gasteiger partial charge in [-0.25, -0.2) is 31.5 Å². The van der Waals surface area contributed by atoms with E-state index in [9.17, 15) is 21.6 Å². The highest BCUT2D eigenvalue weighted by Crippen LogP contribution is 2.24. The van der Waals surface area contributed by atoms with E-state index in [0.29, 0.717) is 5.02 Å². The Hall–Kier alpha value is -3.22. The molecule has 174 valence electrons. The van der Waals surface area contributed by atoms with Crippen LogP contribution < -0.4 is 14.3 Å². The van der Waals surface area contributed by atoms with E-state index in [0.717, 1.165) is 10.6 Å². The van der Waals surface area contributed by atoms with E-state index < -0.39 is 32.0 Å². The van der Waals surface area contributed by atoms with Crippen LogP contribution in [0.2, 0.25) is 5.02 Å². The van der Waals surface area contributed by atoms with E-state index in [1.54, 1.807) is 6.07 Å². The van der Waals surface area contributed by atoms with Gasteiger partial charge in [-0.05, 0) is 61.5 Å². The SMILES string of the molecule is C[C@@H](C(=O)Nc1ccc(S(=O)(=O)Nc2ncccn2)cc1)N(c1ccc(Cl)cc1)S(C)(=O)=O. The van der Waals surface area contributed by atoms with Gasteiger partial charge >= 0.3 is 0 Å². The third-order valence-corrected chi connectivity index (χ3v) is 7.23. The largest absolute Gasteiger partial charge is 0.324 e. The minimum absolute atomic E-state index is 0.0695. The summed E-state index contributed by atoms with van der Waals surface area (Å²) in [6, 6.07) is 11.8. The van der Waals surface area contributed by atoms with Crippen molar-refractivity contribution in [1.29, 1.82) is 0 Å². The standard InChI is InChI=1S/C20H20ClN5O5S2/c1-14(26(32(2,28)29)17-8-4-15(21)5-9-17)19(27)24-16-6-10-18(11-7-16)33(30,31)25-20-22-12-3-13-23-20/h3-14H,1-2H3,(H,24,27)(H,22,23,25)/t14-/m0/s1. The van der Waals surface area contributed by atoms with Gasteiger partial charge in [0.1, 0.15) is 6.04 Å². The summed E-state index contributed by atoms with van der Waals surface area (Å²) in [5.74, 6) is -0.687. The van der Waals surface area contributed by atoms with Crippen LogP contribution in [0.5, 0.6) is 0 Å². The first-order valence-electron chi connectivity index (χ1n) is 9.43. The van der Waals surface area contributed by atoms with E-state index in [1.165, 1.54) is 67.8 Å². The number of sulfonamides is 2. The maximum atomic E-state index is 12.8. The Morgan fingerprint density at radius 1 is 0.970 bits per heavy atom. The monoisotopic (exact) mass is 509 g/mol. The van der Waals surface area contributed by atoms with Crippen LogP contribution in [-0.4, -0.2) is 45.0 Å². The number of halogens is 1. The van der Waals surface area contributed by atoms with E-state index in [-0.39, 0.29) is 22.2 Å². The molecule has 0 unspecified atom stereocenters. The van der Waals surface area contributed by atoms with Crippen molar-refractivity contribution in [2.45, 2.75) is 17.9 Å². The summed E-state index contributed by atoms with van der Waals surface area (Å²) in [6.07, 6.45) is 3.79. The third-order valence-electron chi connectivity index (χ3n) is 4.39. The zero-order valence-electron chi connectivity index (χ0n) is 17.5. The molecular weight excluding hydrogens is 490 g/mol. The lowest BCUT2D eigenvalue weighted by Gasteiger charge is -2.28. The topological polar surface area (TPSA) is 138 Å². The fourth-order valence-electron chi connectivity index (χ4n) is 2.89. The Bertz CT molecular complexity index is 1330. The van der Waals surface area contributed by atoms with Gasteiger partial charge in [0.25, 0.3) is 10.0 Å². The van der Waals surface area contributed by atoms with Gasteiger partial charge < -0.3 is 5.32 Å². The van der Waals surface area contributed by atoms with Crippen molar-refractivity contribution in [3.63, 3.8) is 0 Å². The summed E-state index contributed by atoms with van der Waals surface area (Å²) in [5, 5.41) is 3.02. The molecule has 3 rings (SSSR count). The molecule has 0 aliphatic rings. The molecule has 0 radical (unpaired) electrons. The van der Waals surface area contributed by atoms with Crippen molar-refractivity contribution in [2.75, 3.05) is 20.6 Å². The first-order valence-corrected chi connectivity index (χ1v) is 13.1.